The second-order valence-corrected chi connectivity index (χ2v) is 16.1. The normalized spacial score (nSPS) is 25.0. The summed E-state index contributed by atoms with van der Waals surface area (Å²) in [4.78, 5) is 58.8. The number of hydrogen-bond acceptors (Lipinski definition) is 9. The molecule has 1 aromatic rings. The first-order chi connectivity index (χ1) is 25.2. The Kier molecular flexibility index (Phi) is 15.5. The molecule has 1 aliphatic carbocycles. The Labute approximate surface area is 316 Å². The lowest BCUT2D eigenvalue weighted by molar-refractivity contribution is -0.147. The van der Waals surface area contributed by atoms with E-state index >= 15 is 0 Å². The van der Waals surface area contributed by atoms with Crippen LogP contribution < -0.4 is 21.7 Å². The van der Waals surface area contributed by atoms with E-state index in [1.807, 2.05) is 32.0 Å². The van der Waals surface area contributed by atoms with E-state index in [4.69, 9.17) is 15.2 Å². The quantitative estimate of drug-likeness (QED) is 0.134. The molecule has 1 saturated carbocycles. The van der Waals surface area contributed by atoms with Gasteiger partial charge in [-0.05, 0) is 74.0 Å². The van der Waals surface area contributed by atoms with Crippen LogP contribution in [0.15, 0.2) is 24.3 Å². The minimum Gasteiger partial charge on any atom is -0.399 e. The van der Waals surface area contributed by atoms with Crippen molar-refractivity contribution in [1.82, 2.24) is 25.8 Å². The van der Waals surface area contributed by atoms with E-state index in [0.29, 0.717) is 37.0 Å². The number of anilines is 1. The number of ether oxygens (including phenoxy) is 2. The van der Waals surface area contributed by atoms with Crippen LogP contribution in [0.3, 0.4) is 0 Å². The van der Waals surface area contributed by atoms with E-state index in [0.717, 1.165) is 37.7 Å². The average Bonchev–Trinajstić information content (AvgIpc) is 3.91. The Morgan fingerprint density at radius 2 is 1.81 bits per heavy atom. The number of nitrogens with two attached hydrogens (primary N) is 1. The van der Waals surface area contributed by atoms with Gasteiger partial charge in [-0.15, -0.1) is 0 Å². The van der Waals surface area contributed by atoms with Crippen molar-refractivity contribution in [3.05, 3.63) is 29.8 Å². The van der Waals surface area contributed by atoms with Crippen molar-refractivity contribution in [1.29, 1.82) is 0 Å². The molecule has 4 amide bonds. The van der Waals surface area contributed by atoms with Gasteiger partial charge in [0.05, 0.1) is 55.3 Å². The van der Waals surface area contributed by atoms with Crippen LogP contribution in [0.4, 0.5) is 5.69 Å². The van der Waals surface area contributed by atoms with Crippen molar-refractivity contribution in [2.45, 2.75) is 134 Å². The van der Waals surface area contributed by atoms with Crippen LogP contribution in [0.2, 0.25) is 0 Å². The molecule has 6 N–H and O–H groups in total. The monoisotopic (exact) mass is 742 g/mol. The molecule has 2 bridgehead atoms. The lowest BCUT2D eigenvalue weighted by Crippen LogP contribution is -2.60. The number of methoxy groups -OCH3 is 2. The maximum absolute atomic E-state index is 14.2. The van der Waals surface area contributed by atoms with Gasteiger partial charge in [-0.1, -0.05) is 53.2 Å². The van der Waals surface area contributed by atoms with Crippen LogP contribution in [0.25, 0.3) is 0 Å². The second kappa shape index (κ2) is 19.4. The molecule has 3 fully saturated rings. The van der Waals surface area contributed by atoms with Gasteiger partial charge in [-0.3, -0.25) is 19.2 Å². The molecular weight excluding hydrogens is 676 g/mol. The molecule has 0 aromatic heterocycles. The number of aliphatic hydroxyl groups is 1. The zero-order valence-electron chi connectivity index (χ0n) is 33.2. The topological polar surface area (TPSA) is 176 Å². The average molecular weight is 743 g/mol. The van der Waals surface area contributed by atoms with Crippen LogP contribution in [0.5, 0.6) is 0 Å². The molecule has 0 radical (unpaired) electrons. The van der Waals surface area contributed by atoms with Crippen molar-refractivity contribution in [2.24, 2.45) is 23.7 Å². The molecule has 298 valence electrons. The molecule has 4 rings (SSSR count). The fourth-order valence-corrected chi connectivity index (χ4v) is 8.93. The summed E-state index contributed by atoms with van der Waals surface area (Å²) in [6.45, 7) is 10.0. The van der Waals surface area contributed by atoms with Crippen molar-refractivity contribution < 1.29 is 33.8 Å². The molecule has 2 aliphatic heterocycles. The van der Waals surface area contributed by atoms with Crippen molar-refractivity contribution in [2.75, 3.05) is 40.2 Å². The number of carbonyl (C=O) groups is 4. The summed E-state index contributed by atoms with van der Waals surface area (Å²) in [6, 6.07) is 5.45. The number of fused-ring (bicyclic) bond motifs is 2. The third-order valence-electron chi connectivity index (χ3n) is 12.1. The van der Waals surface area contributed by atoms with Crippen molar-refractivity contribution in [3.63, 3.8) is 0 Å². The molecule has 1 aromatic carbocycles. The predicted octanol–water partition coefficient (Wildman–Crippen LogP) is 2.49. The number of nitrogen functional groups attached to an aromatic ring is 1. The highest BCUT2D eigenvalue weighted by atomic mass is 16.5. The Bertz CT molecular complexity index is 1390. The summed E-state index contributed by atoms with van der Waals surface area (Å²) in [5, 5.41) is 19.5. The highest BCUT2D eigenvalue weighted by Crippen LogP contribution is 2.35. The fraction of sp³-hybridized carbons (Fsp3) is 0.750. The fourth-order valence-electron chi connectivity index (χ4n) is 8.93. The van der Waals surface area contributed by atoms with E-state index in [9.17, 15) is 24.3 Å². The highest BCUT2D eigenvalue weighted by Gasteiger charge is 2.45. The molecule has 2 heterocycles. The lowest BCUT2D eigenvalue weighted by Gasteiger charge is -2.41. The number of nitrogens with zero attached hydrogens (tertiary/aromatic N) is 2. The predicted molar refractivity (Wildman–Crippen MR) is 205 cm³/mol. The minimum absolute atomic E-state index is 0.00550. The molecule has 13 heteroatoms. The number of amides is 4. The molecule has 0 spiro atoms. The second-order valence-electron chi connectivity index (χ2n) is 16.1. The maximum atomic E-state index is 14.2. The summed E-state index contributed by atoms with van der Waals surface area (Å²) in [6.07, 6.45) is 4.57. The SMILES string of the molecule is CCC(C)C(C(CC(=O)N1CCCC1C(OC)C(C)C(=O)NC(CO)Cc1cccc(N)c1)OC)N(C)C(=O)C(NC(=O)C1NC2CCC1C2)C(C)C. The van der Waals surface area contributed by atoms with Gasteiger partial charge in [0.1, 0.15) is 6.04 Å². The van der Waals surface area contributed by atoms with E-state index in [2.05, 4.69) is 29.8 Å². The molecule has 11 atom stereocenters. The van der Waals surface area contributed by atoms with E-state index in [-0.39, 0.29) is 60.6 Å². The molecule has 53 heavy (non-hydrogen) atoms. The number of piperidine rings is 1. The Morgan fingerprint density at radius 3 is 2.38 bits per heavy atom. The summed E-state index contributed by atoms with van der Waals surface area (Å²) < 4.78 is 12.0. The number of carbonyl (C=O) groups excluding carboxylic acids is 4. The van der Waals surface area contributed by atoms with Crippen LogP contribution in [-0.4, -0.2) is 121 Å². The van der Waals surface area contributed by atoms with Gasteiger partial charge in [-0.25, -0.2) is 0 Å². The van der Waals surface area contributed by atoms with Crippen LogP contribution in [-0.2, 0) is 35.1 Å². The molecule has 13 nitrogen and oxygen atoms in total. The molecular formula is C40H66N6O7. The highest BCUT2D eigenvalue weighted by molar-refractivity contribution is 5.90. The van der Waals surface area contributed by atoms with Gasteiger partial charge in [0.15, 0.2) is 0 Å². The summed E-state index contributed by atoms with van der Waals surface area (Å²) in [7, 11) is 4.88. The van der Waals surface area contributed by atoms with Gasteiger partial charge >= 0.3 is 0 Å². The molecule has 2 saturated heterocycles. The van der Waals surface area contributed by atoms with Crippen LogP contribution >= 0.6 is 0 Å². The number of hydrogen-bond donors (Lipinski definition) is 5. The zero-order valence-corrected chi connectivity index (χ0v) is 33.2. The van der Waals surface area contributed by atoms with E-state index in [1.165, 1.54) is 0 Å². The Morgan fingerprint density at radius 1 is 1.08 bits per heavy atom. The van der Waals surface area contributed by atoms with Gasteiger partial charge < -0.3 is 46.1 Å². The first-order valence-electron chi connectivity index (χ1n) is 19.7. The van der Waals surface area contributed by atoms with Gasteiger partial charge in [0.2, 0.25) is 23.6 Å². The van der Waals surface area contributed by atoms with Gasteiger partial charge in [0, 0.05) is 39.5 Å². The number of aliphatic hydroxyl groups excluding tert-OH is 1. The molecule has 11 unspecified atom stereocenters. The number of benzene rings is 1. The first-order valence-corrected chi connectivity index (χ1v) is 19.7. The van der Waals surface area contributed by atoms with Gasteiger partial charge in [0.25, 0.3) is 0 Å². The summed E-state index contributed by atoms with van der Waals surface area (Å²) in [5.74, 6) is -1.18. The van der Waals surface area contributed by atoms with E-state index < -0.39 is 36.3 Å². The summed E-state index contributed by atoms with van der Waals surface area (Å²) >= 11 is 0. The zero-order chi connectivity index (χ0) is 39.0. The van der Waals surface area contributed by atoms with Crippen LogP contribution in [0.1, 0.15) is 85.1 Å². The maximum Gasteiger partial charge on any atom is 0.245 e. The van der Waals surface area contributed by atoms with Crippen molar-refractivity contribution >= 4 is 29.3 Å². The van der Waals surface area contributed by atoms with Crippen LogP contribution in [0, 0.1) is 23.7 Å². The lowest BCUT2D eigenvalue weighted by atomic mass is 9.89. The number of likely N-dealkylation sites (N-methyl/N-ethyl adjacent to an activating group) is 1. The van der Waals surface area contributed by atoms with Crippen molar-refractivity contribution in [3.8, 4) is 0 Å². The Balaban J connectivity index is 1.43. The number of likely N-dealkylation sites (tertiary alicyclic amines) is 1. The minimum atomic E-state index is -0.720. The largest absolute Gasteiger partial charge is 0.399 e. The van der Waals surface area contributed by atoms with Gasteiger partial charge in [-0.2, -0.15) is 0 Å². The summed E-state index contributed by atoms with van der Waals surface area (Å²) in [5.41, 5.74) is 7.44. The number of nitrogens with one attached hydrogen (secondary N) is 3. The standard InChI is InChI=1S/C40H66N6O7/c1-9-24(4)36(45(6)40(51)34(23(2)3)44-39(50)35-27-15-16-29(20-27)42-35)32(52-7)21-33(48)46-17-11-14-31(46)37(53-8)25(5)38(49)43-30(22-47)19-26-12-10-13-28(41)18-26/h10,12-13,18,23-25,27,29-32,34-37,42,47H,9,11,14-17,19-22,41H2,1-8H3,(H,43,49)(H,44,50). The third kappa shape index (κ3) is 10.3. The molecule has 3 aliphatic rings. The smallest absolute Gasteiger partial charge is 0.245 e. The third-order valence-corrected chi connectivity index (χ3v) is 12.1. The Hall–Kier alpha value is -3.26. The van der Waals surface area contributed by atoms with E-state index in [1.54, 1.807) is 44.1 Å². The number of rotatable bonds is 19. The first kappa shape index (κ1) is 42.5.